The third-order valence-electron chi connectivity index (χ3n) is 2.45. The van der Waals surface area contributed by atoms with E-state index in [-0.39, 0.29) is 6.54 Å². The molecule has 6 heteroatoms. The summed E-state index contributed by atoms with van der Waals surface area (Å²) in [4.78, 5) is 23.4. The zero-order valence-electron chi connectivity index (χ0n) is 8.80. The van der Waals surface area contributed by atoms with Crippen LogP contribution in [-0.4, -0.2) is 34.7 Å². The summed E-state index contributed by atoms with van der Waals surface area (Å²) < 4.78 is 5.66. The van der Waals surface area contributed by atoms with Gasteiger partial charge < -0.3 is 9.84 Å². The number of aliphatic carboxylic acids is 1. The zero-order chi connectivity index (χ0) is 12.4. The van der Waals surface area contributed by atoms with Gasteiger partial charge in [-0.3, -0.25) is 4.90 Å². The number of nitrogens with zero attached hydrogens (tertiary/aromatic N) is 1. The second-order valence-electron chi connectivity index (χ2n) is 3.72. The van der Waals surface area contributed by atoms with E-state index in [2.05, 4.69) is 15.9 Å². The Labute approximate surface area is 106 Å². The third kappa shape index (κ3) is 2.76. The fraction of sp³-hybridized carbons (Fsp3) is 0.273. The van der Waals surface area contributed by atoms with Crippen LogP contribution in [-0.2, 0) is 16.1 Å². The summed E-state index contributed by atoms with van der Waals surface area (Å²) in [6.07, 6.45) is -1.64. The van der Waals surface area contributed by atoms with Gasteiger partial charge in [-0.05, 0) is 17.7 Å². The molecule has 90 valence electrons. The molecule has 0 aromatic heterocycles. The van der Waals surface area contributed by atoms with Crippen LogP contribution in [0.3, 0.4) is 0 Å². The largest absolute Gasteiger partial charge is 0.478 e. The Kier molecular flexibility index (Phi) is 3.33. The molecule has 17 heavy (non-hydrogen) atoms. The normalized spacial score (nSPS) is 19.2. The minimum atomic E-state index is -1.11. The lowest BCUT2D eigenvalue weighted by molar-refractivity contribution is -0.144. The van der Waals surface area contributed by atoms with Gasteiger partial charge in [-0.2, -0.15) is 0 Å². The summed E-state index contributed by atoms with van der Waals surface area (Å²) in [5, 5.41) is 8.74. The van der Waals surface area contributed by atoms with Crippen molar-refractivity contribution in [3.8, 4) is 0 Å². The average molecular weight is 300 g/mol. The van der Waals surface area contributed by atoms with Crippen LogP contribution in [0.25, 0.3) is 0 Å². The van der Waals surface area contributed by atoms with E-state index in [1.54, 1.807) is 0 Å². The first-order valence-corrected chi connectivity index (χ1v) is 5.78. The van der Waals surface area contributed by atoms with Crippen molar-refractivity contribution < 1.29 is 19.4 Å². The molecule has 1 fully saturated rings. The molecule has 1 atom stereocenters. The molecule has 2 rings (SSSR count). The number of cyclic esters (lactones) is 1. The predicted molar refractivity (Wildman–Crippen MR) is 62.5 cm³/mol. The Morgan fingerprint density at radius 1 is 1.47 bits per heavy atom. The quantitative estimate of drug-likeness (QED) is 0.925. The van der Waals surface area contributed by atoms with E-state index in [0.717, 1.165) is 10.0 Å². The van der Waals surface area contributed by atoms with Crippen LogP contribution in [0.5, 0.6) is 0 Å². The average Bonchev–Trinajstić information content (AvgIpc) is 2.64. The van der Waals surface area contributed by atoms with E-state index < -0.39 is 18.2 Å². The van der Waals surface area contributed by atoms with Crippen LogP contribution in [0.4, 0.5) is 4.79 Å². The Bertz CT molecular complexity index is 445. The van der Waals surface area contributed by atoms with E-state index in [9.17, 15) is 9.59 Å². The second-order valence-corrected chi connectivity index (χ2v) is 4.63. The summed E-state index contributed by atoms with van der Waals surface area (Å²) in [6, 6.07) is 7.47. The Morgan fingerprint density at radius 3 is 2.65 bits per heavy atom. The monoisotopic (exact) mass is 299 g/mol. The number of hydrogen-bond donors (Lipinski definition) is 1. The standard InChI is InChI=1S/C11H10BrNO4/c12-8-3-1-7(2-4-8)5-13-6-9(10(14)15)17-11(13)16/h1-4,9H,5-6H2,(H,14,15)/t9-/m1/s1. The first-order valence-electron chi connectivity index (χ1n) is 4.99. The van der Waals surface area contributed by atoms with Crippen molar-refractivity contribution in [2.24, 2.45) is 0 Å². The minimum absolute atomic E-state index is 0.0875. The van der Waals surface area contributed by atoms with Gasteiger partial charge in [0, 0.05) is 11.0 Å². The van der Waals surface area contributed by atoms with Crippen molar-refractivity contribution in [1.82, 2.24) is 4.90 Å². The van der Waals surface area contributed by atoms with Crippen LogP contribution in [0.15, 0.2) is 28.7 Å². The molecule has 1 N–H and O–H groups in total. The first-order chi connectivity index (χ1) is 8.06. The number of halogens is 1. The molecule has 5 nitrogen and oxygen atoms in total. The van der Waals surface area contributed by atoms with Gasteiger partial charge in [0.2, 0.25) is 6.10 Å². The maximum absolute atomic E-state index is 11.4. The molecule has 0 saturated carbocycles. The molecule has 1 saturated heterocycles. The van der Waals surface area contributed by atoms with Crippen molar-refractivity contribution >= 4 is 28.0 Å². The second kappa shape index (κ2) is 4.75. The SMILES string of the molecule is O=C(O)[C@H]1CN(Cc2ccc(Br)cc2)C(=O)O1. The third-order valence-corrected chi connectivity index (χ3v) is 2.98. The molecule has 0 unspecified atom stereocenters. The fourth-order valence-electron chi connectivity index (χ4n) is 1.58. The van der Waals surface area contributed by atoms with Gasteiger partial charge in [0.15, 0.2) is 0 Å². The highest BCUT2D eigenvalue weighted by atomic mass is 79.9. The van der Waals surface area contributed by atoms with Gasteiger partial charge in [-0.1, -0.05) is 28.1 Å². The van der Waals surface area contributed by atoms with Crippen molar-refractivity contribution in [2.45, 2.75) is 12.6 Å². The molecule has 1 aliphatic rings. The summed E-state index contributed by atoms with van der Waals surface area (Å²) in [5.74, 6) is -1.11. The van der Waals surface area contributed by atoms with Gasteiger partial charge in [-0.25, -0.2) is 9.59 Å². The van der Waals surface area contributed by atoms with Gasteiger partial charge in [0.25, 0.3) is 0 Å². The highest BCUT2D eigenvalue weighted by Gasteiger charge is 2.35. The molecule has 1 aromatic rings. The molecular weight excluding hydrogens is 290 g/mol. The lowest BCUT2D eigenvalue weighted by Gasteiger charge is -2.12. The van der Waals surface area contributed by atoms with Crippen molar-refractivity contribution in [2.75, 3.05) is 6.54 Å². The van der Waals surface area contributed by atoms with E-state index in [4.69, 9.17) is 9.84 Å². The molecular formula is C11H10BrNO4. The minimum Gasteiger partial charge on any atom is -0.478 e. The summed E-state index contributed by atoms with van der Waals surface area (Å²) in [5.41, 5.74) is 0.927. The number of rotatable bonds is 3. The molecule has 1 heterocycles. The number of carbonyl (C=O) groups is 2. The molecule has 0 aliphatic carbocycles. The Hall–Kier alpha value is -1.56. The highest BCUT2D eigenvalue weighted by molar-refractivity contribution is 9.10. The number of carboxylic acids is 1. The predicted octanol–water partition coefficient (Wildman–Crippen LogP) is 1.85. The topological polar surface area (TPSA) is 66.8 Å². The van der Waals surface area contributed by atoms with Crippen LogP contribution >= 0.6 is 15.9 Å². The van der Waals surface area contributed by atoms with E-state index >= 15 is 0 Å². The van der Waals surface area contributed by atoms with Gasteiger partial charge in [0.05, 0.1) is 6.54 Å². The van der Waals surface area contributed by atoms with E-state index in [1.807, 2.05) is 24.3 Å². The number of hydrogen-bond acceptors (Lipinski definition) is 3. The molecule has 0 radical (unpaired) electrons. The summed E-state index contributed by atoms with van der Waals surface area (Å²) >= 11 is 3.32. The van der Waals surface area contributed by atoms with Crippen molar-refractivity contribution in [3.05, 3.63) is 34.3 Å². The lowest BCUT2D eigenvalue weighted by Crippen LogP contribution is -2.27. The van der Waals surface area contributed by atoms with E-state index in [0.29, 0.717) is 6.54 Å². The van der Waals surface area contributed by atoms with Crippen LogP contribution in [0.2, 0.25) is 0 Å². The molecule has 1 amide bonds. The summed E-state index contributed by atoms with van der Waals surface area (Å²) in [7, 11) is 0. The van der Waals surface area contributed by atoms with Gasteiger partial charge in [-0.15, -0.1) is 0 Å². The first kappa shape index (κ1) is 11.9. The molecule has 0 spiro atoms. The van der Waals surface area contributed by atoms with Crippen molar-refractivity contribution in [1.29, 1.82) is 0 Å². The van der Waals surface area contributed by atoms with Crippen LogP contribution in [0, 0.1) is 0 Å². The molecule has 1 aromatic carbocycles. The molecule has 1 aliphatic heterocycles. The van der Waals surface area contributed by atoms with Gasteiger partial charge in [0.1, 0.15) is 0 Å². The van der Waals surface area contributed by atoms with Gasteiger partial charge >= 0.3 is 12.1 Å². The number of carbonyl (C=O) groups excluding carboxylic acids is 1. The highest BCUT2D eigenvalue weighted by Crippen LogP contribution is 2.17. The van der Waals surface area contributed by atoms with Crippen LogP contribution in [0.1, 0.15) is 5.56 Å². The molecule has 0 bridgehead atoms. The Balaban J connectivity index is 2.02. The number of carboxylic acid groups (broad SMARTS) is 1. The Morgan fingerprint density at radius 2 is 2.12 bits per heavy atom. The fourth-order valence-corrected chi connectivity index (χ4v) is 1.84. The van der Waals surface area contributed by atoms with Crippen molar-refractivity contribution in [3.63, 3.8) is 0 Å². The summed E-state index contributed by atoms with van der Waals surface area (Å²) in [6.45, 7) is 0.445. The smallest absolute Gasteiger partial charge is 0.411 e. The van der Waals surface area contributed by atoms with Crippen LogP contribution < -0.4 is 0 Å². The number of ether oxygens (including phenoxy) is 1. The zero-order valence-corrected chi connectivity index (χ0v) is 10.4. The number of amides is 1. The maximum Gasteiger partial charge on any atom is 0.411 e. The lowest BCUT2D eigenvalue weighted by atomic mass is 10.2. The number of benzene rings is 1. The maximum atomic E-state index is 11.4. The van der Waals surface area contributed by atoms with E-state index in [1.165, 1.54) is 4.90 Å².